The van der Waals surface area contributed by atoms with Gasteiger partial charge >= 0.3 is 17.6 Å². The van der Waals surface area contributed by atoms with Crippen molar-refractivity contribution in [2.45, 2.75) is 66.5 Å². The van der Waals surface area contributed by atoms with Crippen molar-refractivity contribution in [3.8, 4) is 0 Å². The molecule has 12 heteroatoms. The number of hydrogen-bond acceptors (Lipinski definition) is 9. The van der Waals surface area contributed by atoms with Crippen molar-refractivity contribution < 1.29 is 31.1 Å². The molecule has 0 spiro atoms. The van der Waals surface area contributed by atoms with Crippen LogP contribution in [0, 0.1) is 0 Å². The number of rotatable bonds is 22. The summed E-state index contributed by atoms with van der Waals surface area (Å²) in [6, 6.07) is 1.55. The summed E-state index contributed by atoms with van der Waals surface area (Å²) in [5.41, 5.74) is -1.91. The first-order chi connectivity index (χ1) is 14.8. The van der Waals surface area contributed by atoms with E-state index in [1.807, 2.05) is 48.2 Å². The third kappa shape index (κ3) is 14.2. The minimum Gasteiger partial charge on any atom is -0.374 e. The van der Waals surface area contributed by atoms with Crippen molar-refractivity contribution in [1.29, 1.82) is 0 Å². The molecule has 0 rings (SSSR count). The van der Waals surface area contributed by atoms with Crippen LogP contribution in [0.25, 0.3) is 0 Å². The van der Waals surface area contributed by atoms with E-state index in [0.29, 0.717) is 46.2 Å². The van der Waals surface area contributed by atoms with Gasteiger partial charge in [-0.25, -0.2) is 0 Å². The zero-order valence-corrected chi connectivity index (χ0v) is 25.1. The third-order valence-corrected chi connectivity index (χ3v) is 15.5. The lowest BCUT2D eigenvalue weighted by atomic mass is 10.5. The maximum Gasteiger partial charge on any atom is 0.501 e. The van der Waals surface area contributed by atoms with Crippen molar-refractivity contribution >= 4 is 46.3 Å². The standard InChI is InChI=1S/C19H45O7PS2Si2/c1-8-21-30(22-9-2,23-10-3)18-14-16-20-27(7,28)29-17-15-19-31(24-11-4,25-12-5)26-13-6/h8-19H2,1-7H3. The van der Waals surface area contributed by atoms with Gasteiger partial charge in [0.15, 0.2) is 0 Å². The van der Waals surface area contributed by atoms with Gasteiger partial charge in [-0.05, 0) is 61.0 Å². The molecule has 0 aromatic carbocycles. The van der Waals surface area contributed by atoms with Crippen molar-refractivity contribution in [2.75, 3.05) is 58.7 Å². The molecule has 0 N–H and O–H groups in total. The first-order valence-electron chi connectivity index (χ1n) is 11.5. The van der Waals surface area contributed by atoms with E-state index in [1.165, 1.54) is 0 Å². The van der Waals surface area contributed by atoms with Crippen LogP contribution < -0.4 is 0 Å². The van der Waals surface area contributed by atoms with E-state index in [9.17, 15) is 0 Å². The minimum atomic E-state index is -2.61. The zero-order valence-electron chi connectivity index (χ0n) is 20.6. The lowest BCUT2D eigenvalue weighted by Crippen LogP contribution is -2.46. The second-order valence-electron chi connectivity index (χ2n) is 6.61. The molecule has 0 aliphatic carbocycles. The molecule has 0 fully saturated rings. The highest BCUT2D eigenvalue weighted by Crippen LogP contribution is 2.57. The van der Waals surface area contributed by atoms with Gasteiger partial charge in [0.25, 0.3) is 0 Å². The highest BCUT2D eigenvalue weighted by Gasteiger charge is 2.40. The second kappa shape index (κ2) is 18.5. The largest absolute Gasteiger partial charge is 0.501 e. The van der Waals surface area contributed by atoms with E-state index in [1.54, 1.807) is 11.4 Å². The summed E-state index contributed by atoms with van der Waals surface area (Å²) in [6.07, 6.45) is 1.75. The molecule has 0 bridgehead atoms. The summed E-state index contributed by atoms with van der Waals surface area (Å²) in [6.45, 7) is 18.1. The van der Waals surface area contributed by atoms with Gasteiger partial charge in [0, 0.05) is 57.5 Å². The topological polar surface area (TPSA) is 64.6 Å². The van der Waals surface area contributed by atoms with Gasteiger partial charge in [-0.2, -0.15) is 0 Å². The Labute approximate surface area is 202 Å². The fraction of sp³-hybridized carbons (Fsp3) is 1.00. The van der Waals surface area contributed by atoms with Crippen LogP contribution >= 0.6 is 16.8 Å². The molecule has 0 saturated heterocycles. The molecule has 188 valence electrons. The molecule has 1 unspecified atom stereocenters. The second-order valence-corrected chi connectivity index (χ2v) is 20.2. The average molecular weight is 537 g/mol. The van der Waals surface area contributed by atoms with Crippen molar-refractivity contribution in [1.82, 2.24) is 0 Å². The van der Waals surface area contributed by atoms with Gasteiger partial charge < -0.3 is 31.1 Å². The molecule has 0 radical (unpaired) electrons. The van der Waals surface area contributed by atoms with E-state index in [0.717, 1.165) is 30.7 Å². The van der Waals surface area contributed by atoms with Gasteiger partial charge in [0.2, 0.25) is 0 Å². The normalized spacial score (nSPS) is 14.7. The Hall–Kier alpha value is 1.15. The fourth-order valence-electron chi connectivity index (χ4n) is 3.08. The first kappa shape index (κ1) is 32.2. The van der Waals surface area contributed by atoms with Crippen molar-refractivity contribution in [3.63, 3.8) is 0 Å². The third-order valence-electron chi connectivity index (χ3n) is 4.09. The molecule has 7 nitrogen and oxygen atoms in total. The van der Waals surface area contributed by atoms with E-state index in [-0.39, 0.29) is 0 Å². The van der Waals surface area contributed by atoms with Crippen LogP contribution in [0.15, 0.2) is 0 Å². The number of hydrogen-bond donors (Lipinski definition) is 0. The fourth-order valence-corrected chi connectivity index (χ4v) is 12.4. The molecule has 31 heavy (non-hydrogen) atoms. The molecule has 1 atom stereocenters. The molecule has 0 aliphatic rings. The van der Waals surface area contributed by atoms with Crippen LogP contribution in [0.2, 0.25) is 12.1 Å². The van der Waals surface area contributed by atoms with Crippen molar-refractivity contribution in [2.24, 2.45) is 0 Å². The SMILES string of the molecule is CCO[Si](CCCOP(C)(=S)SCCC[Si](OCC)(OCC)OCC)(OCC)OCC. The summed E-state index contributed by atoms with van der Waals surface area (Å²) in [5.74, 6) is 0.908. The summed E-state index contributed by atoms with van der Waals surface area (Å²) in [4.78, 5) is 0. The Bertz CT molecular complexity index is 420. The van der Waals surface area contributed by atoms with E-state index >= 15 is 0 Å². The molecule has 0 heterocycles. The summed E-state index contributed by atoms with van der Waals surface area (Å²) in [7, 11) is -5.19. The van der Waals surface area contributed by atoms with Crippen LogP contribution in [-0.4, -0.2) is 76.3 Å². The van der Waals surface area contributed by atoms with Crippen LogP contribution in [0.4, 0.5) is 0 Å². The maximum absolute atomic E-state index is 6.10. The molecule has 0 aromatic rings. The molecular formula is C19H45O7PS2Si2. The predicted octanol–water partition coefficient (Wildman–Crippen LogP) is 5.55. The minimum absolute atomic E-state index is 0.588. The van der Waals surface area contributed by atoms with Crippen LogP contribution in [0.5, 0.6) is 0 Å². The van der Waals surface area contributed by atoms with E-state index in [4.69, 9.17) is 42.9 Å². The average Bonchev–Trinajstić information content (AvgIpc) is 2.70. The Morgan fingerprint density at radius 3 is 1.35 bits per heavy atom. The van der Waals surface area contributed by atoms with Gasteiger partial charge in [0.05, 0.1) is 6.61 Å². The van der Waals surface area contributed by atoms with Gasteiger partial charge in [0.1, 0.15) is 5.47 Å². The molecule has 0 aliphatic heterocycles. The van der Waals surface area contributed by atoms with Gasteiger partial charge in [-0.1, -0.05) is 23.2 Å². The highest BCUT2D eigenvalue weighted by molar-refractivity contribution is 8.69. The van der Waals surface area contributed by atoms with Crippen LogP contribution in [-0.2, 0) is 42.9 Å². The Balaban J connectivity index is 4.47. The summed E-state index contributed by atoms with van der Waals surface area (Å²) in [5, 5.41) is 0. The van der Waals surface area contributed by atoms with Gasteiger partial charge in [-0.15, -0.1) is 0 Å². The molecular weight excluding hydrogens is 491 g/mol. The molecule has 0 saturated carbocycles. The zero-order chi connectivity index (χ0) is 23.6. The summed E-state index contributed by atoms with van der Waals surface area (Å²) < 4.78 is 41.5. The summed E-state index contributed by atoms with van der Waals surface area (Å²) >= 11 is 7.49. The first-order valence-corrected chi connectivity index (χ1v) is 20.1. The highest BCUT2D eigenvalue weighted by atomic mass is 32.9. The predicted molar refractivity (Wildman–Crippen MR) is 139 cm³/mol. The molecule has 0 aromatic heterocycles. The Kier molecular flexibility index (Phi) is 19.2. The smallest absolute Gasteiger partial charge is 0.374 e. The monoisotopic (exact) mass is 536 g/mol. The van der Waals surface area contributed by atoms with Crippen molar-refractivity contribution in [3.05, 3.63) is 0 Å². The van der Waals surface area contributed by atoms with Crippen LogP contribution in [0.3, 0.4) is 0 Å². The Morgan fingerprint density at radius 1 is 0.645 bits per heavy atom. The lowest BCUT2D eigenvalue weighted by molar-refractivity contribution is 0.0695. The van der Waals surface area contributed by atoms with E-state index < -0.39 is 23.1 Å². The van der Waals surface area contributed by atoms with Crippen LogP contribution in [0.1, 0.15) is 54.4 Å². The van der Waals surface area contributed by atoms with Gasteiger partial charge in [-0.3, -0.25) is 0 Å². The quantitative estimate of drug-likeness (QED) is 0.101. The molecule has 0 amide bonds. The maximum atomic E-state index is 6.10. The Morgan fingerprint density at radius 2 is 1.00 bits per heavy atom. The van der Waals surface area contributed by atoms with E-state index in [2.05, 4.69) is 0 Å². The lowest BCUT2D eigenvalue weighted by Gasteiger charge is -2.29.